The third-order valence-corrected chi connectivity index (χ3v) is 2.87. The third kappa shape index (κ3) is 2.76. The van der Waals surface area contributed by atoms with E-state index in [1.165, 1.54) is 12.8 Å². The van der Waals surface area contributed by atoms with E-state index in [4.69, 9.17) is 5.73 Å². The van der Waals surface area contributed by atoms with Crippen LogP contribution in [0.4, 0.5) is 0 Å². The molecule has 1 fully saturated rings. The van der Waals surface area contributed by atoms with Crippen molar-refractivity contribution in [3.63, 3.8) is 0 Å². The largest absolute Gasteiger partial charge is 0.390 e. The van der Waals surface area contributed by atoms with Crippen LogP contribution in [0.25, 0.3) is 0 Å². The van der Waals surface area contributed by atoms with Gasteiger partial charge in [0, 0.05) is 6.04 Å². The van der Waals surface area contributed by atoms with Gasteiger partial charge in [-0.15, -0.1) is 0 Å². The van der Waals surface area contributed by atoms with Gasteiger partial charge >= 0.3 is 0 Å². The van der Waals surface area contributed by atoms with E-state index in [9.17, 15) is 5.11 Å². The van der Waals surface area contributed by atoms with Crippen molar-refractivity contribution in [3.8, 4) is 0 Å². The van der Waals surface area contributed by atoms with Gasteiger partial charge in [0.15, 0.2) is 0 Å². The van der Waals surface area contributed by atoms with Crippen LogP contribution in [0.5, 0.6) is 0 Å². The summed E-state index contributed by atoms with van der Waals surface area (Å²) >= 11 is 0. The zero-order chi connectivity index (χ0) is 9.03. The summed E-state index contributed by atoms with van der Waals surface area (Å²) in [4.78, 5) is 0. The average molecular weight is 171 g/mol. The summed E-state index contributed by atoms with van der Waals surface area (Å²) in [6.45, 7) is 2.18. The van der Waals surface area contributed by atoms with Gasteiger partial charge in [-0.25, -0.2) is 0 Å². The highest BCUT2D eigenvalue weighted by atomic mass is 16.3. The molecule has 2 atom stereocenters. The molecule has 2 heteroatoms. The van der Waals surface area contributed by atoms with Gasteiger partial charge in [0.1, 0.15) is 0 Å². The molecule has 0 aliphatic heterocycles. The molecule has 72 valence electrons. The van der Waals surface area contributed by atoms with Crippen molar-refractivity contribution in [3.05, 3.63) is 0 Å². The van der Waals surface area contributed by atoms with Gasteiger partial charge in [0.2, 0.25) is 0 Å². The van der Waals surface area contributed by atoms with Crippen LogP contribution in [-0.4, -0.2) is 16.7 Å². The van der Waals surface area contributed by atoms with Crippen LogP contribution in [0, 0.1) is 0 Å². The molecule has 2 unspecified atom stereocenters. The predicted octanol–water partition coefficient (Wildman–Crippen LogP) is 1.81. The van der Waals surface area contributed by atoms with Gasteiger partial charge in [0.25, 0.3) is 0 Å². The number of rotatable bonds is 4. The van der Waals surface area contributed by atoms with E-state index in [0.717, 1.165) is 32.1 Å². The normalized spacial score (nSPS) is 35.8. The van der Waals surface area contributed by atoms with E-state index < -0.39 is 5.60 Å². The lowest BCUT2D eigenvalue weighted by atomic mass is 9.94. The first-order chi connectivity index (χ1) is 5.66. The second-order valence-electron chi connectivity index (χ2n) is 4.18. The van der Waals surface area contributed by atoms with Gasteiger partial charge in [-0.2, -0.15) is 0 Å². The average Bonchev–Trinajstić information content (AvgIpc) is 2.32. The zero-order valence-corrected chi connectivity index (χ0v) is 8.05. The molecule has 0 aromatic rings. The molecule has 0 spiro atoms. The summed E-state index contributed by atoms with van der Waals surface area (Å²) in [7, 11) is 0. The van der Waals surface area contributed by atoms with E-state index in [0.29, 0.717) is 0 Å². The van der Waals surface area contributed by atoms with Crippen molar-refractivity contribution < 1.29 is 5.11 Å². The monoisotopic (exact) mass is 171 g/mol. The van der Waals surface area contributed by atoms with Crippen LogP contribution >= 0.6 is 0 Å². The maximum Gasteiger partial charge on any atom is 0.0663 e. The lowest BCUT2D eigenvalue weighted by molar-refractivity contribution is 0.0350. The van der Waals surface area contributed by atoms with E-state index in [1.54, 1.807) is 0 Å². The molecular weight excluding hydrogens is 150 g/mol. The minimum absolute atomic E-state index is 0.247. The quantitative estimate of drug-likeness (QED) is 0.634. The van der Waals surface area contributed by atoms with Gasteiger partial charge in [-0.1, -0.05) is 26.2 Å². The van der Waals surface area contributed by atoms with Crippen molar-refractivity contribution >= 4 is 0 Å². The summed E-state index contributed by atoms with van der Waals surface area (Å²) in [5.41, 5.74) is 5.35. The Morgan fingerprint density at radius 2 is 2.25 bits per heavy atom. The molecule has 0 bridgehead atoms. The molecule has 2 nitrogen and oxygen atoms in total. The Bertz CT molecular complexity index is 138. The van der Waals surface area contributed by atoms with Gasteiger partial charge < -0.3 is 10.8 Å². The van der Waals surface area contributed by atoms with Crippen LogP contribution in [-0.2, 0) is 0 Å². The maximum atomic E-state index is 10.0. The Morgan fingerprint density at radius 3 is 2.75 bits per heavy atom. The SMILES string of the molecule is CCCCCC1(O)CCC(N)C1. The van der Waals surface area contributed by atoms with Crippen LogP contribution in [0.15, 0.2) is 0 Å². The van der Waals surface area contributed by atoms with Gasteiger partial charge in [-0.3, -0.25) is 0 Å². The Balaban J connectivity index is 2.21. The molecule has 0 heterocycles. The zero-order valence-electron chi connectivity index (χ0n) is 8.05. The first-order valence-corrected chi connectivity index (χ1v) is 5.14. The molecule has 0 amide bonds. The minimum atomic E-state index is -0.408. The second-order valence-corrected chi connectivity index (χ2v) is 4.18. The Kier molecular flexibility index (Phi) is 3.53. The molecule has 1 aliphatic rings. The molecule has 12 heavy (non-hydrogen) atoms. The Hall–Kier alpha value is -0.0800. The lowest BCUT2D eigenvalue weighted by Crippen LogP contribution is -2.27. The third-order valence-electron chi connectivity index (χ3n) is 2.87. The van der Waals surface area contributed by atoms with Crippen molar-refractivity contribution in [2.24, 2.45) is 5.73 Å². The standard InChI is InChI=1S/C10H21NO/c1-2-3-4-6-10(12)7-5-9(11)8-10/h9,12H,2-8,11H2,1H3. The van der Waals surface area contributed by atoms with E-state index in [-0.39, 0.29) is 6.04 Å². The predicted molar refractivity (Wildman–Crippen MR) is 50.9 cm³/mol. The first-order valence-electron chi connectivity index (χ1n) is 5.14. The molecule has 0 saturated heterocycles. The van der Waals surface area contributed by atoms with E-state index in [2.05, 4.69) is 6.92 Å². The molecule has 0 aromatic heterocycles. The number of aliphatic hydroxyl groups is 1. The fourth-order valence-corrected chi connectivity index (χ4v) is 2.08. The van der Waals surface area contributed by atoms with Crippen LogP contribution in [0.1, 0.15) is 51.9 Å². The summed E-state index contributed by atoms with van der Waals surface area (Å²) in [5.74, 6) is 0. The smallest absolute Gasteiger partial charge is 0.0663 e. The lowest BCUT2D eigenvalue weighted by Gasteiger charge is -2.21. The van der Waals surface area contributed by atoms with E-state index in [1.807, 2.05) is 0 Å². The summed E-state index contributed by atoms with van der Waals surface area (Å²) < 4.78 is 0. The van der Waals surface area contributed by atoms with Crippen molar-refractivity contribution in [1.29, 1.82) is 0 Å². The van der Waals surface area contributed by atoms with Crippen molar-refractivity contribution in [2.75, 3.05) is 0 Å². The first kappa shape index (κ1) is 10.0. The van der Waals surface area contributed by atoms with Crippen LogP contribution < -0.4 is 5.73 Å². The summed E-state index contributed by atoms with van der Waals surface area (Å²) in [6, 6.07) is 0.247. The molecule has 0 radical (unpaired) electrons. The molecule has 3 N–H and O–H groups in total. The highest BCUT2D eigenvalue weighted by Crippen LogP contribution is 2.33. The molecule has 1 rings (SSSR count). The number of unbranched alkanes of at least 4 members (excludes halogenated alkanes) is 2. The molecule has 1 saturated carbocycles. The Labute approximate surface area is 75.2 Å². The summed E-state index contributed by atoms with van der Waals surface area (Å²) in [6.07, 6.45) is 7.30. The van der Waals surface area contributed by atoms with Crippen molar-refractivity contribution in [1.82, 2.24) is 0 Å². The second kappa shape index (κ2) is 4.24. The van der Waals surface area contributed by atoms with Crippen molar-refractivity contribution in [2.45, 2.75) is 63.5 Å². The minimum Gasteiger partial charge on any atom is -0.390 e. The number of hydrogen-bond donors (Lipinski definition) is 2. The topological polar surface area (TPSA) is 46.2 Å². The number of hydrogen-bond acceptors (Lipinski definition) is 2. The fraction of sp³-hybridized carbons (Fsp3) is 1.00. The van der Waals surface area contributed by atoms with Crippen LogP contribution in [0.2, 0.25) is 0 Å². The maximum absolute atomic E-state index is 10.0. The van der Waals surface area contributed by atoms with Gasteiger partial charge in [-0.05, 0) is 25.7 Å². The molecule has 1 aliphatic carbocycles. The molecular formula is C10H21NO. The fourth-order valence-electron chi connectivity index (χ4n) is 2.08. The highest BCUT2D eigenvalue weighted by Gasteiger charge is 2.34. The van der Waals surface area contributed by atoms with E-state index >= 15 is 0 Å². The molecule has 0 aromatic carbocycles. The van der Waals surface area contributed by atoms with Gasteiger partial charge in [0.05, 0.1) is 5.60 Å². The van der Waals surface area contributed by atoms with Crippen LogP contribution in [0.3, 0.4) is 0 Å². The highest BCUT2D eigenvalue weighted by molar-refractivity contribution is 4.90. The number of nitrogens with two attached hydrogens (primary N) is 1. The summed E-state index contributed by atoms with van der Waals surface area (Å²) in [5, 5.41) is 10.0. The Morgan fingerprint density at radius 1 is 1.50 bits per heavy atom.